The Hall–Kier alpha value is -1.06. The van der Waals surface area contributed by atoms with Crippen LogP contribution < -0.4 is 10.1 Å². The number of aliphatic hydroxyl groups excluding tert-OH is 1. The molecule has 0 saturated carbocycles. The number of hydrogen-bond acceptors (Lipinski definition) is 3. The third-order valence-corrected chi connectivity index (χ3v) is 2.46. The first-order valence-corrected chi connectivity index (χ1v) is 6.17. The smallest absolute Gasteiger partial charge is 0.119 e. The van der Waals surface area contributed by atoms with Crippen molar-refractivity contribution in [3.63, 3.8) is 0 Å². The first-order valence-electron chi connectivity index (χ1n) is 6.17. The summed E-state index contributed by atoms with van der Waals surface area (Å²) in [5.41, 5.74) is 1.22. The third kappa shape index (κ3) is 5.71. The highest BCUT2D eigenvalue weighted by Crippen LogP contribution is 2.14. The summed E-state index contributed by atoms with van der Waals surface area (Å²) in [6, 6.07) is 8.55. The van der Waals surface area contributed by atoms with Crippen molar-refractivity contribution < 1.29 is 9.84 Å². The van der Waals surface area contributed by atoms with Gasteiger partial charge in [0.1, 0.15) is 5.75 Å². The van der Waals surface area contributed by atoms with E-state index >= 15 is 0 Å². The average molecular weight is 237 g/mol. The van der Waals surface area contributed by atoms with Gasteiger partial charge in [0.25, 0.3) is 0 Å². The van der Waals surface area contributed by atoms with Gasteiger partial charge < -0.3 is 15.2 Å². The molecule has 2 N–H and O–H groups in total. The van der Waals surface area contributed by atoms with E-state index in [0.717, 1.165) is 12.3 Å². The van der Waals surface area contributed by atoms with Crippen LogP contribution in [-0.4, -0.2) is 24.4 Å². The van der Waals surface area contributed by atoms with E-state index in [4.69, 9.17) is 9.84 Å². The minimum absolute atomic E-state index is 0.161. The molecule has 3 heteroatoms. The molecule has 0 fully saturated rings. The van der Waals surface area contributed by atoms with Crippen molar-refractivity contribution in [1.29, 1.82) is 0 Å². The summed E-state index contributed by atoms with van der Waals surface area (Å²) in [7, 11) is 0. The van der Waals surface area contributed by atoms with Gasteiger partial charge >= 0.3 is 0 Å². The molecule has 1 unspecified atom stereocenters. The number of aliphatic hydroxyl groups is 1. The maximum absolute atomic E-state index is 8.92. The zero-order valence-electron chi connectivity index (χ0n) is 10.9. The largest absolute Gasteiger partial charge is 0.493 e. The Morgan fingerprint density at radius 2 is 2.06 bits per heavy atom. The fraction of sp³-hybridized carbons (Fsp3) is 0.571. The van der Waals surface area contributed by atoms with Crippen LogP contribution in [0.4, 0.5) is 0 Å². The molecular weight excluding hydrogens is 214 g/mol. The van der Waals surface area contributed by atoms with E-state index in [0.29, 0.717) is 12.6 Å². The second kappa shape index (κ2) is 7.30. The normalized spacial score (nSPS) is 12.8. The van der Waals surface area contributed by atoms with Gasteiger partial charge in [0, 0.05) is 25.1 Å². The molecule has 0 aliphatic carbocycles. The van der Waals surface area contributed by atoms with Crippen LogP contribution in [0.1, 0.15) is 26.3 Å². The predicted molar refractivity (Wildman–Crippen MR) is 70.2 cm³/mol. The summed E-state index contributed by atoms with van der Waals surface area (Å²) in [6.45, 7) is 7.79. The number of rotatable bonds is 7. The van der Waals surface area contributed by atoms with Crippen LogP contribution in [0.15, 0.2) is 24.3 Å². The Labute approximate surface area is 104 Å². The highest BCUT2D eigenvalue weighted by molar-refractivity contribution is 5.28. The predicted octanol–water partition coefficient (Wildman–Crippen LogP) is 2.19. The third-order valence-electron chi connectivity index (χ3n) is 2.46. The average Bonchev–Trinajstić information content (AvgIpc) is 2.34. The van der Waals surface area contributed by atoms with Crippen molar-refractivity contribution >= 4 is 0 Å². The molecule has 1 aromatic rings. The van der Waals surface area contributed by atoms with Crippen LogP contribution in [0.5, 0.6) is 5.75 Å². The van der Waals surface area contributed by atoms with E-state index in [1.54, 1.807) is 0 Å². The summed E-state index contributed by atoms with van der Waals surface area (Å²) in [6.07, 6.45) is 0. The van der Waals surface area contributed by atoms with Crippen LogP contribution in [-0.2, 0) is 6.54 Å². The van der Waals surface area contributed by atoms with Crippen molar-refractivity contribution in [3.8, 4) is 5.75 Å². The molecule has 0 aromatic heterocycles. The number of nitrogens with one attached hydrogen (secondary N) is 1. The van der Waals surface area contributed by atoms with E-state index in [-0.39, 0.29) is 12.5 Å². The minimum atomic E-state index is 0.161. The van der Waals surface area contributed by atoms with E-state index < -0.39 is 0 Å². The first kappa shape index (κ1) is 14.0. The minimum Gasteiger partial charge on any atom is -0.493 e. The van der Waals surface area contributed by atoms with Gasteiger partial charge in [0.05, 0.1) is 6.61 Å². The number of hydrogen-bond donors (Lipinski definition) is 2. The molecule has 17 heavy (non-hydrogen) atoms. The molecule has 0 aliphatic rings. The molecule has 0 bridgehead atoms. The molecule has 96 valence electrons. The Bertz CT molecular complexity index is 326. The molecule has 0 aliphatic heterocycles. The first-order chi connectivity index (χ1) is 8.11. The second-order valence-corrected chi connectivity index (χ2v) is 4.78. The van der Waals surface area contributed by atoms with Crippen molar-refractivity contribution in [3.05, 3.63) is 29.8 Å². The van der Waals surface area contributed by atoms with Crippen molar-refractivity contribution in [2.45, 2.75) is 33.4 Å². The second-order valence-electron chi connectivity index (χ2n) is 4.78. The van der Waals surface area contributed by atoms with Crippen molar-refractivity contribution in [2.75, 3.05) is 13.2 Å². The number of benzene rings is 1. The van der Waals surface area contributed by atoms with Crippen molar-refractivity contribution in [2.24, 2.45) is 5.92 Å². The Kier molecular flexibility index (Phi) is 6.01. The summed E-state index contributed by atoms with van der Waals surface area (Å²) in [4.78, 5) is 0. The van der Waals surface area contributed by atoms with Crippen molar-refractivity contribution in [1.82, 2.24) is 5.32 Å². The fourth-order valence-electron chi connectivity index (χ4n) is 1.36. The zero-order chi connectivity index (χ0) is 12.7. The van der Waals surface area contributed by atoms with Crippen LogP contribution in [0.2, 0.25) is 0 Å². The molecule has 0 spiro atoms. The lowest BCUT2D eigenvalue weighted by Crippen LogP contribution is -2.21. The van der Waals surface area contributed by atoms with Gasteiger partial charge in [0.15, 0.2) is 0 Å². The maximum atomic E-state index is 8.92. The zero-order valence-corrected chi connectivity index (χ0v) is 10.9. The van der Waals surface area contributed by atoms with Crippen LogP contribution in [0.3, 0.4) is 0 Å². The standard InChI is InChI=1S/C14H23NO2/c1-11(2)15-8-13-5-4-6-14(7-13)17-10-12(3)9-16/h4-7,11-12,15-16H,8-10H2,1-3H3. The van der Waals surface area contributed by atoms with E-state index in [1.807, 2.05) is 25.1 Å². The van der Waals surface area contributed by atoms with Crippen LogP contribution in [0, 0.1) is 5.92 Å². The summed E-state index contributed by atoms with van der Waals surface area (Å²) < 4.78 is 5.62. The van der Waals surface area contributed by atoms with E-state index in [9.17, 15) is 0 Å². The molecule has 1 rings (SSSR count). The van der Waals surface area contributed by atoms with Gasteiger partial charge in [-0.1, -0.05) is 32.9 Å². The number of ether oxygens (including phenoxy) is 1. The topological polar surface area (TPSA) is 41.5 Å². The van der Waals surface area contributed by atoms with Gasteiger partial charge in [-0.2, -0.15) is 0 Å². The molecular formula is C14H23NO2. The summed E-state index contributed by atoms with van der Waals surface area (Å²) >= 11 is 0. The molecule has 0 heterocycles. The summed E-state index contributed by atoms with van der Waals surface area (Å²) in [5.74, 6) is 1.04. The van der Waals surface area contributed by atoms with Gasteiger partial charge in [-0.25, -0.2) is 0 Å². The lowest BCUT2D eigenvalue weighted by Gasteiger charge is -2.12. The van der Waals surface area contributed by atoms with Crippen LogP contribution >= 0.6 is 0 Å². The molecule has 0 saturated heterocycles. The highest BCUT2D eigenvalue weighted by atomic mass is 16.5. The molecule has 0 radical (unpaired) electrons. The van der Waals surface area contributed by atoms with Crippen LogP contribution in [0.25, 0.3) is 0 Å². The van der Waals surface area contributed by atoms with Gasteiger partial charge in [-0.05, 0) is 17.7 Å². The Balaban J connectivity index is 2.47. The lowest BCUT2D eigenvalue weighted by molar-refractivity contribution is 0.174. The molecule has 0 amide bonds. The SMILES string of the molecule is CC(CO)COc1cccc(CNC(C)C)c1. The fourth-order valence-corrected chi connectivity index (χ4v) is 1.36. The van der Waals surface area contributed by atoms with Gasteiger partial charge in [-0.15, -0.1) is 0 Å². The Morgan fingerprint density at radius 3 is 2.71 bits per heavy atom. The Morgan fingerprint density at radius 1 is 1.29 bits per heavy atom. The quantitative estimate of drug-likeness (QED) is 0.764. The highest BCUT2D eigenvalue weighted by Gasteiger charge is 2.02. The lowest BCUT2D eigenvalue weighted by atomic mass is 10.2. The van der Waals surface area contributed by atoms with E-state index in [1.165, 1.54) is 5.56 Å². The molecule has 3 nitrogen and oxygen atoms in total. The van der Waals surface area contributed by atoms with E-state index in [2.05, 4.69) is 25.2 Å². The van der Waals surface area contributed by atoms with Gasteiger partial charge in [0.2, 0.25) is 0 Å². The molecule has 1 atom stereocenters. The molecule has 1 aromatic carbocycles. The maximum Gasteiger partial charge on any atom is 0.119 e. The monoisotopic (exact) mass is 237 g/mol. The van der Waals surface area contributed by atoms with Gasteiger partial charge in [-0.3, -0.25) is 0 Å². The summed E-state index contributed by atoms with van der Waals surface area (Å²) in [5, 5.41) is 12.3.